The summed E-state index contributed by atoms with van der Waals surface area (Å²) in [6.45, 7) is 4.55. The van der Waals surface area contributed by atoms with Crippen LogP contribution in [-0.2, 0) is 31.9 Å². The molecule has 3 aliphatic rings. The molecule has 0 spiro atoms. The lowest BCUT2D eigenvalue weighted by molar-refractivity contribution is -0.122. The molecule has 1 aromatic heterocycles. The number of aromatic nitrogens is 2. The van der Waals surface area contributed by atoms with Crippen molar-refractivity contribution in [1.29, 1.82) is 0 Å². The molecule has 2 amide bonds. The van der Waals surface area contributed by atoms with Crippen LogP contribution in [0.1, 0.15) is 36.3 Å². The Labute approximate surface area is 209 Å². The molecule has 10 heteroatoms. The Kier molecular flexibility index (Phi) is 8.02. The normalized spacial score (nSPS) is 23.5. The summed E-state index contributed by atoms with van der Waals surface area (Å²) < 4.78 is 11.2. The van der Waals surface area contributed by atoms with Crippen molar-refractivity contribution in [2.75, 3.05) is 49.7 Å². The Morgan fingerprint density at radius 2 is 2.00 bits per heavy atom. The summed E-state index contributed by atoms with van der Waals surface area (Å²) in [6, 6.07) is 7.99. The van der Waals surface area contributed by atoms with Crippen LogP contribution in [0.2, 0.25) is 0 Å². The second-order valence-corrected chi connectivity index (χ2v) is 10.6. The zero-order valence-electron chi connectivity index (χ0n) is 19.9. The maximum atomic E-state index is 12.8. The third-order valence-electron chi connectivity index (χ3n) is 7.02. The summed E-state index contributed by atoms with van der Waals surface area (Å²) in [5, 5.41) is 16.0. The maximum Gasteiger partial charge on any atom is 0.231 e. The molecular formula is C25H33N5O4S. The van der Waals surface area contributed by atoms with Crippen LogP contribution in [0.4, 0.5) is 10.8 Å². The van der Waals surface area contributed by atoms with Crippen LogP contribution in [0.15, 0.2) is 24.3 Å². The second kappa shape index (κ2) is 11.6. The number of nitrogens with one attached hydrogen (secondary N) is 2. The SMILES string of the molecule is O=C(Nc1nnc(CCC2CCOCC2)s1)C1CC(=O)N(c2ccc(CC3CNCCO3)cc2)C1. The Morgan fingerprint density at radius 3 is 2.77 bits per heavy atom. The van der Waals surface area contributed by atoms with Crippen molar-refractivity contribution in [3.8, 4) is 0 Å². The third kappa shape index (κ3) is 6.43. The zero-order valence-corrected chi connectivity index (χ0v) is 20.7. The first-order valence-corrected chi connectivity index (χ1v) is 13.4. The Bertz CT molecular complexity index is 1000. The molecule has 4 heterocycles. The van der Waals surface area contributed by atoms with E-state index < -0.39 is 5.92 Å². The van der Waals surface area contributed by atoms with Crippen molar-refractivity contribution < 1.29 is 19.1 Å². The molecule has 0 aliphatic carbocycles. The summed E-state index contributed by atoms with van der Waals surface area (Å²) >= 11 is 1.42. The van der Waals surface area contributed by atoms with Gasteiger partial charge in [-0.15, -0.1) is 10.2 Å². The molecule has 9 nitrogen and oxygen atoms in total. The van der Waals surface area contributed by atoms with Crippen molar-refractivity contribution in [1.82, 2.24) is 15.5 Å². The summed E-state index contributed by atoms with van der Waals surface area (Å²) in [5.41, 5.74) is 2.00. The first-order valence-electron chi connectivity index (χ1n) is 12.6. The van der Waals surface area contributed by atoms with Crippen molar-refractivity contribution in [3.05, 3.63) is 34.8 Å². The highest BCUT2D eigenvalue weighted by atomic mass is 32.1. The zero-order chi connectivity index (χ0) is 24.0. The van der Waals surface area contributed by atoms with Crippen LogP contribution >= 0.6 is 11.3 Å². The molecule has 2 atom stereocenters. The Morgan fingerprint density at radius 1 is 1.17 bits per heavy atom. The minimum Gasteiger partial charge on any atom is -0.381 e. The number of carbonyl (C=O) groups excluding carboxylic acids is 2. The van der Waals surface area contributed by atoms with Gasteiger partial charge in [0.15, 0.2) is 0 Å². The van der Waals surface area contributed by atoms with Gasteiger partial charge in [0.05, 0.1) is 18.6 Å². The van der Waals surface area contributed by atoms with Crippen LogP contribution in [0.25, 0.3) is 0 Å². The van der Waals surface area contributed by atoms with E-state index in [9.17, 15) is 9.59 Å². The number of anilines is 2. The molecular weight excluding hydrogens is 466 g/mol. The number of rotatable bonds is 8. The van der Waals surface area contributed by atoms with Gasteiger partial charge in [-0.3, -0.25) is 9.59 Å². The molecule has 0 bridgehead atoms. The van der Waals surface area contributed by atoms with Crippen LogP contribution in [0, 0.1) is 11.8 Å². The van der Waals surface area contributed by atoms with Crippen molar-refractivity contribution >= 4 is 34.0 Å². The molecule has 3 saturated heterocycles. The molecule has 0 radical (unpaired) electrons. The Balaban J connectivity index is 1.11. The van der Waals surface area contributed by atoms with Gasteiger partial charge in [0, 0.05) is 51.4 Å². The fourth-order valence-electron chi connectivity index (χ4n) is 4.93. The van der Waals surface area contributed by atoms with Gasteiger partial charge in [-0.1, -0.05) is 23.5 Å². The van der Waals surface area contributed by atoms with E-state index in [0.29, 0.717) is 17.6 Å². The molecule has 3 fully saturated rings. The number of hydrogen-bond acceptors (Lipinski definition) is 8. The lowest BCUT2D eigenvalue weighted by Crippen LogP contribution is -2.39. The average molecular weight is 500 g/mol. The number of ether oxygens (including phenoxy) is 2. The van der Waals surface area contributed by atoms with Gasteiger partial charge in [-0.2, -0.15) is 0 Å². The number of hydrogen-bond donors (Lipinski definition) is 2. The standard InChI is InChI=1S/C25H33N5O4S/c31-23-14-19(16-30(23)20-4-1-18(2-5-20)13-21-15-26-9-12-34-21)24(32)27-25-29-28-22(35-25)6-3-17-7-10-33-11-8-17/h1-2,4-5,17,19,21,26H,3,6-16H2,(H,27,29,32). The highest BCUT2D eigenvalue weighted by Gasteiger charge is 2.35. The average Bonchev–Trinajstić information content (AvgIpc) is 3.51. The van der Waals surface area contributed by atoms with Gasteiger partial charge < -0.3 is 25.0 Å². The first kappa shape index (κ1) is 24.3. The van der Waals surface area contributed by atoms with E-state index in [4.69, 9.17) is 9.47 Å². The topological polar surface area (TPSA) is 106 Å². The van der Waals surface area contributed by atoms with E-state index in [2.05, 4.69) is 20.8 Å². The lowest BCUT2D eigenvalue weighted by Gasteiger charge is -2.24. The Hall–Kier alpha value is -2.40. The van der Waals surface area contributed by atoms with E-state index in [1.165, 1.54) is 16.9 Å². The molecule has 0 saturated carbocycles. The molecule has 188 valence electrons. The van der Waals surface area contributed by atoms with E-state index >= 15 is 0 Å². The monoisotopic (exact) mass is 499 g/mol. The van der Waals surface area contributed by atoms with Crippen molar-refractivity contribution in [2.24, 2.45) is 11.8 Å². The second-order valence-electron chi connectivity index (χ2n) is 9.56. The minimum atomic E-state index is -0.404. The highest BCUT2D eigenvalue weighted by Crippen LogP contribution is 2.28. The number of amides is 2. The predicted octanol–water partition coefficient (Wildman–Crippen LogP) is 2.42. The van der Waals surface area contributed by atoms with Crippen LogP contribution in [0.5, 0.6) is 0 Å². The number of aryl methyl sites for hydroxylation is 1. The largest absolute Gasteiger partial charge is 0.381 e. The lowest BCUT2D eigenvalue weighted by atomic mass is 9.95. The van der Waals surface area contributed by atoms with E-state index in [1.807, 2.05) is 24.3 Å². The fraction of sp³-hybridized carbons (Fsp3) is 0.600. The number of morpholine rings is 1. The van der Waals surface area contributed by atoms with Crippen molar-refractivity contribution in [3.63, 3.8) is 0 Å². The molecule has 2 N–H and O–H groups in total. The van der Waals surface area contributed by atoms with Gasteiger partial charge in [0.2, 0.25) is 16.9 Å². The van der Waals surface area contributed by atoms with Gasteiger partial charge in [0.1, 0.15) is 5.01 Å². The van der Waals surface area contributed by atoms with E-state index in [0.717, 1.165) is 75.7 Å². The van der Waals surface area contributed by atoms with Gasteiger partial charge in [-0.25, -0.2) is 0 Å². The number of nitrogens with zero attached hydrogens (tertiary/aromatic N) is 3. The van der Waals surface area contributed by atoms with E-state index in [1.54, 1.807) is 4.90 Å². The van der Waals surface area contributed by atoms with Crippen molar-refractivity contribution in [2.45, 2.75) is 44.6 Å². The van der Waals surface area contributed by atoms with E-state index in [-0.39, 0.29) is 24.3 Å². The van der Waals surface area contributed by atoms with Gasteiger partial charge >= 0.3 is 0 Å². The quantitative estimate of drug-likeness (QED) is 0.575. The molecule has 1 aromatic carbocycles. The maximum absolute atomic E-state index is 12.8. The van der Waals surface area contributed by atoms with Crippen LogP contribution < -0.4 is 15.5 Å². The summed E-state index contributed by atoms with van der Waals surface area (Å²) in [7, 11) is 0. The van der Waals surface area contributed by atoms with Crippen LogP contribution in [0.3, 0.4) is 0 Å². The molecule has 2 unspecified atom stereocenters. The molecule has 35 heavy (non-hydrogen) atoms. The molecule has 3 aliphatic heterocycles. The first-order chi connectivity index (χ1) is 17.1. The molecule has 2 aromatic rings. The predicted molar refractivity (Wildman–Crippen MR) is 134 cm³/mol. The third-order valence-corrected chi connectivity index (χ3v) is 7.91. The van der Waals surface area contributed by atoms with Gasteiger partial charge in [0.25, 0.3) is 0 Å². The molecule has 5 rings (SSSR count). The fourth-order valence-corrected chi connectivity index (χ4v) is 5.69. The smallest absolute Gasteiger partial charge is 0.231 e. The summed E-state index contributed by atoms with van der Waals surface area (Å²) in [4.78, 5) is 27.2. The summed E-state index contributed by atoms with van der Waals surface area (Å²) in [6.07, 6.45) is 5.36. The van der Waals surface area contributed by atoms with Gasteiger partial charge in [-0.05, 0) is 49.3 Å². The van der Waals surface area contributed by atoms with Crippen LogP contribution in [-0.4, -0.2) is 67.6 Å². The summed E-state index contributed by atoms with van der Waals surface area (Å²) in [5.74, 6) is 0.0602. The number of benzene rings is 1. The number of carbonyl (C=O) groups is 2. The highest BCUT2D eigenvalue weighted by molar-refractivity contribution is 7.15. The minimum absolute atomic E-state index is 0.0351.